The summed E-state index contributed by atoms with van der Waals surface area (Å²) in [5.74, 6) is 0. The van der Waals surface area contributed by atoms with Crippen LogP contribution >= 0.6 is 0 Å². The molecule has 0 aliphatic carbocycles. The van der Waals surface area contributed by atoms with E-state index in [1.54, 1.807) is 17.2 Å². The molecule has 124 valence electrons. The predicted octanol–water partition coefficient (Wildman–Crippen LogP) is 3.97. The minimum atomic E-state index is -2.84. The van der Waals surface area contributed by atoms with Crippen molar-refractivity contribution in [3.8, 4) is 0 Å². The first-order valence-electron chi connectivity index (χ1n) is 8.98. The van der Waals surface area contributed by atoms with Crippen LogP contribution in [-0.2, 0) is 0 Å². The topological polar surface area (TPSA) is 0 Å². The molecule has 2 heteroatoms. The molecule has 0 unspecified atom stereocenters. The second-order valence-corrected chi connectivity index (χ2v) is 21.8. The van der Waals surface area contributed by atoms with Gasteiger partial charge in [-0.25, -0.2) is 0 Å². The second kappa shape index (κ2) is 6.15. The van der Waals surface area contributed by atoms with E-state index in [4.69, 9.17) is 0 Å². The SMILES string of the molecule is C[Si](C)(C)[C]1=Cc2cccc[c]2[Ge]1([c]1ccccc1)[c]1ccccc1. The van der Waals surface area contributed by atoms with Crippen molar-refractivity contribution < 1.29 is 0 Å². The third-order valence-electron chi connectivity index (χ3n) is 5.29. The molecule has 4 rings (SSSR count). The van der Waals surface area contributed by atoms with Gasteiger partial charge < -0.3 is 0 Å². The van der Waals surface area contributed by atoms with Crippen LogP contribution in [0.5, 0.6) is 0 Å². The fourth-order valence-electron chi connectivity index (χ4n) is 4.32. The van der Waals surface area contributed by atoms with Crippen molar-refractivity contribution in [3.05, 3.63) is 94.5 Å². The van der Waals surface area contributed by atoms with Gasteiger partial charge in [-0.15, -0.1) is 0 Å². The average molecular weight is 401 g/mol. The van der Waals surface area contributed by atoms with Crippen molar-refractivity contribution in [2.45, 2.75) is 19.6 Å². The van der Waals surface area contributed by atoms with E-state index in [0.29, 0.717) is 0 Å². The first-order chi connectivity index (χ1) is 12.0. The fourth-order valence-corrected chi connectivity index (χ4v) is 24.9. The molecule has 0 radical (unpaired) electrons. The molecule has 0 saturated carbocycles. The molecule has 1 aliphatic rings. The summed E-state index contributed by atoms with van der Waals surface area (Å²) >= 11 is -2.84. The van der Waals surface area contributed by atoms with Gasteiger partial charge in [-0.05, 0) is 0 Å². The normalized spacial score (nSPS) is 15.6. The summed E-state index contributed by atoms with van der Waals surface area (Å²) in [6.45, 7) is 7.53. The van der Waals surface area contributed by atoms with Crippen LogP contribution in [0.4, 0.5) is 0 Å². The van der Waals surface area contributed by atoms with Gasteiger partial charge >= 0.3 is 155 Å². The molecule has 1 aliphatic heterocycles. The summed E-state index contributed by atoms with van der Waals surface area (Å²) in [5, 5.41) is 0. The first-order valence-corrected chi connectivity index (χ1v) is 16.7. The summed E-state index contributed by atoms with van der Waals surface area (Å²) in [6.07, 6.45) is 2.56. The summed E-state index contributed by atoms with van der Waals surface area (Å²) in [6, 6.07) is 31.8. The van der Waals surface area contributed by atoms with E-state index < -0.39 is 21.3 Å². The van der Waals surface area contributed by atoms with Crippen molar-refractivity contribution in [1.82, 2.24) is 0 Å². The van der Waals surface area contributed by atoms with Gasteiger partial charge in [-0.3, -0.25) is 0 Å². The molecule has 0 bridgehead atoms. The number of benzene rings is 3. The Balaban J connectivity index is 2.14. The van der Waals surface area contributed by atoms with Gasteiger partial charge in [0, 0.05) is 0 Å². The molecule has 3 aromatic carbocycles. The van der Waals surface area contributed by atoms with E-state index in [1.165, 1.54) is 5.56 Å². The zero-order chi connectivity index (χ0) is 17.5. The van der Waals surface area contributed by atoms with Gasteiger partial charge in [-0.1, -0.05) is 0 Å². The Kier molecular flexibility index (Phi) is 4.09. The standard InChI is InChI=1S/C23H24GeSi/c1-25(2,3)23-18-19-12-10-11-17-22(19)24(23,20-13-6-4-7-14-20)21-15-8-5-9-16-21/h4-18H,1-3H3. The van der Waals surface area contributed by atoms with Crippen LogP contribution in [0.25, 0.3) is 6.08 Å². The van der Waals surface area contributed by atoms with Crippen LogP contribution < -0.4 is 13.2 Å². The molecule has 0 aromatic heterocycles. The van der Waals surface area contributed by atoms with Crippen molar-refractivity contribution in [1.29, 1.82) is 0 Å². The maximum absolute atomic E-state index is 2.84. The van der Waals surface area contributed by atoms with Gasteiger partial charge in [0.15, 0.2) is 0 Å². The van der Waals surface area contributed by atoms with Gasteiger partial charge in [0.1, 0.15) is 0 Å². The van der Waals surface area contributed by atoms with Crippen LogP contribution in [0.3, 0.4) is 0 Å². The van der Waals surface area contributed by atoms with Gasteiger partial charge in [0.2, 0.25) is 0 Å². The molecule has 0 nitrogen and oxygen atoms in total. The van der Waals surface area contributed by atoms with E-state index in [9.17, 15) is 0 Å². The summed E-state index contributed by atoms with van der Waals surface area (Å²) in [4.78, 5) is 0. The third kappa shape index (κ3) is 2.57. The van der Waals surface area contributed by atoms with Gasteiger partial charge in [-0.2, -0.15) is 0 Å². The Labute approximate surface area is 154 Å². The van der Waals surface area contributed by atoms with E-state index in [2.05, 4.69) is 111 Å². The second-order valence-electron chi connectivity index (χ2n) is 7.88. The first kappa shape index (κ1) is 16.6. The van der Waals surface area contributed by atoms with Crippen LogP contribution in [0.2, 0.25) is 19.6 Å². The molecule has 0 atom stereocenters. The molecular weight excluding hydrogens is 377 g/mol. The fraction of sp³-hybridized carbons (Fsp3) is 0.130. The Morgan fingerprint density at radius 2 is 1.08 bits per heavy atom. The Bertz CT molecular complexity index is 882. The van der Waals surface area contributed by atoms with E-state index >= 15 is 0 Å². The average Bonchev–Trinajstić information content (AvgIpc) is 3.00. The number of rotatable bonds is 3. The van der Waals surface area contributed by atoms with Gasteiger partial charge in [0.05, 0.1) is 0 Å². The summed E-state index contributed by atoms with van der Waals surface area (Å²) < 4.78 is 6.52. The quantitative estimate of drug-likeness (QED) is 0.583. The van der Waals surface area contributed by atoms with E-state index in [0.717, 1.165) is 0 Å². The molecule has 0 N–H and O–H groups in total. The molecule has 0 spiro atoms. The van der Waals surface area contributed by atoms with E-state index in [1.807, 2.05) is 0 Å². The molecular formula is C23H24GeSi. The molecule has 0 amide bonds. The van der Waals surface area contributed by atoms with E-state index in [-0.39, 0.29) is 0 Å². The molecule has 0 saturated heterocycles. The monoisotopic (exact) mass is 402 g/mol. The van der Waals surface area contributed by atoms with Crippen LogP contribution in [-0.4, -0.2) is 21.3 Å². The molecule has 1 heterocycles. The molecule has 0 fully saturated rings. The van der Waals surface area contributed by atoms with Crippen molar-refractivity contribution >= 4 is 40.6 Å². The Morgan fingerprint density at radius 3 is 1.60 bits per heavy atom. The van der Waals surface area contributed by atoms with Crippen molar-refractivity contribution in [2.75, 3.05) is 0 Å². The van der Waals surface area contributed by atoms with Crippen LogP contribution in [0.1, 0.15) is 5.56 Å². The number of hydrogen-bond donors (Lipinski definition) is 0. The predicted molar refractivity (Wildman–Crippen MR) is 115 cm³/mol. The molecule has 25 heavy (non-hydrogen) atoms. The summed E-state index contributed by atoms with van der Waals surface area (Å²) in [5.41, 5.74) is 1.45. The minimum absolute atomic E-state index is 1.45. The van der Waals surface area contributed by atoms with Crippen LogP contribution in [0.15, 0.2) is 89.0 Å². The summed E-state index contributed by atoms with van der Waals surface area (Å²) in [7, 11) is -1.48. The van der Waals surface area contributed by atoms with Crippen molar-refractivity contribution in [2.24, 2.45) is 0 Å². The Hall–Kier alpha value is -1.84. The molecule has 3 aromatic rings. The Morgan fingerprint density at radius 1 is 0.600 bits per heavy atom. The maximum atomic E-state index is 2.56. The third-order valence-corrected chi connectivity index (χ3v) is 23.4. The number of hydrogen-bond acceptors (Lipinski definition) is 0. The van der Waals surface area contributed by atoms with Gasteiger partial charge in [0.25, 0.3) is 0 Å². The van der Waals surface area contributed by atoms with Crippen molar-refractivity contribution in [3.63, 3.8) is 0 Å². The van der Waals surface area contributed by atoms with Crippen LogP contribution in [0, 0.1) is 0 Å². The zero-order valence-corrected chi connectivity index (χ0v) is 18.3. The zero-order valence-electron chi connectivity index (χ0n) is 15.2. The number of fused-ring (bicyclic) bond motifs is 1.